The zero-order valence-corrected chi connectivity index (χ0v) is 10.9. The molecule has 1 saturated carbocycles. The van der Waals surface area contributed by atoms with Gasteiger partial charge in [0.15, 0.2) is 0 Å². The molecule has 1 atom stereocenters. The third-order valence-electron chi connectivity index (χ3n) is 3.62. The van der Waals surface area contributed by atoms with Crippen molar-refractivity contribution in [2.45, 2.75) is 37.1 Å². The third-order valence-corrected chi connectivity index (χ3v) is 6.84. The maximum atomic E-state index is 6.36. The van der Waals surface area contributed by atoms with E-state index in [-0.39, 0.29) is 5.04 Å². The first kappa shape index (κ1) is 11.2. The molecule has 1 fully saturated rings. The lowest BCUT2D eigenvalue weighted by Crippen LogP contribution is -2.47. The van der Waals surface area contributed by atoms with Crippen LogP contribution in [0.15, 0.2) is 30.3 Å². The molecule has 1 aliphatic carbocycles. The topological polar surface area (TPSA) is 26.0 Å². The molecule has 0 saturated heterocycles. The highest BCUT2D eigenvalue weighted by Gasteiger charge is 2.39. The molecule has 0 radical (unpaired) electrons. The lowest BCUT2D eigenvalue weighted by atomic mass is 9.83. The summed E-state index contributed by atoms with van der Waals surface area (Å²) in [6.07, 6.45) is 6.28. The summed E-state index contributed by atoms with van der Waals surface area (Å²) in [7, 11) is -1.64. The van der Waals surface area contributed by atoms with Gasteiger partial charge >= 0.3 is 0 Å². The molecule has 1 nitrogen and oxygen atoms in total. The molecule has 0 bridgehead atoms. The largest absolute Gasteiger partial charge is 0.341 e. The zero-order valence-electron chi connectivity index (χ0n) is 8.95. The van der Waals surface area contributed by atoms with Crippen molar-refractivity contribution in [1.29, 1.82) is 0 Å². The first-order valence-electron chi connectivity index (χ1n) is 5.71. The van der Waals surface area contributed by atoms with Crippen molar-refractivity contribution in [2.75, 3.05) is 0 Å². The molecule has 1 unspecified atom stereocenters. The Balaban J connectivity index is 2.34. The van der Waals surface area contributed by atoms with Crippen molar-refractivity contribution >= 4 is 19.3 Å². The smallest absolute Gasteiger partial charge is 0.218 e. The van der Waals surface area contributed by atoms with Crippen molar-refractivity contribution in [3.05, 3.63) is 35.9 Å². The molecule has 1 aromatic carbocycles. The minimum Gasteiger partial charge on any atom is -0.341 e. The van der Waals surface area contributed by atoms with Gasteiger partial charge in [-0.15, -0.1) is 11.1 Å². The first-order chi connectivity index (χ1) is 7.26. The summed E-state index contributed by atoms with van der Waals surface area (Å²) in [5.74, 6) is 0. The Morgan fingerprint density at radius 2 is 1.67 bits per heavy atom. The summed E-state index contributed by atoms with van der Waals surface area (Å²) in [6, 6.07) is 10.6. The molecule has 3 heteroatoms. The second kappa shape index (κ2) is 4.68. The Labute approximate surface area is 98.0 Å². The van der Waals surface area contributed by atoms with Gasteiger partial charge in [0.05, 0.1) is 0 Å². The maximum absolute atomic E-state index is 6.36. The molecule has 0 amide bonds. The third kappa shape index (κ3) is 2.12. The maximum Gasteiger partial charge on any atom is 0.218 e. The van der Waals surface area contributed by atoms with E-state index >= 15 is 0 Å². The van der Waals surface area contributed by atoms with Crippen LogP contribution in [0.1, 0.15) is 37.7 Å². The molecule has 0 aromatic heterocycles. The number of benzene rings is 1. The van der Waals surface area contributed by atoms with E-state index in [4.69, 9.17) is 16.5 Å². The van der Waals surface area contributed by atoms with Crippen molar-refractivity contribution in [2.24, 2.45) is 5.40 Å². The highest BCUT2D eigenvalue weighted by Crippen LogP contribution is 2.40. The fraction of sp³-hybridized carbons (Fsp3) is 0.500. The van der Waals surface area contributed by atoms with Crippen molar-refractivity contribution < 1.29 is 0 Å². The van der Waals surface area contributed by atoms with Crippen LogP contribution in [0.2, 0.25) is 0 Å². The fourth-order valence-electron chi connectivity index (χ4n) is 2.68. The van der Waals surface area contributed by atoms with Gasteiger partial charge in [0.2, 0.25) is 8.27 Å². The molecule has 0 heterocycles. The SMILES string of the molecule is N[SiH](Cl)C1(c2ccccc2)CCCCC1. The average Bonchev–Trinajstić information content (AvgIpc) is 2.31. The predicted molar refractivity (Wildman–Crippen MR) is 68.4 cm³/mol. The number of hydrogen-bond donors (Lipinski definition) is 1. The number of hydrogen-bond acceptors (Lipinski definition) is 1. The lowest BCUT2D eigenvalue weighted by Gasteiger charge is -2.39. The normalized spacial score (nSPS) is 22.3. The molecule has 0 aliphatic heterocycles. The van der Waals surface area contributed by atoms with Crippen LogP contribution in [-0.4, -0.2) is 8.27 Å². The van der Waals surface area contributed by atoms with Crippen LogP contribution in [-0.2, 0) is 5.04 Å². The van der Waals surface area contributed by atoms with E-state index < -0.39 is 8.27 Å². The van der Waals surface area contributed by atoms with Gasteiger partial charge in [-0.3, -0.25) is 0 Å². The Kier molecular flexibility index (Phi) is 3.49. The van der Waals surface area contributed by atoms with Crippen LogP contribution in [0, 0.1) is 0 Å². The molecule has 1 aliphatic rings. The quantitative estimate of drug-likeness (QED) is 0.624. The van der Waals surface area contributed by atoms with Crippen LogP contribution >= 0.6 is 11.1 Å². The van der Waals surface area contributed by atoms with Gasteiger partial charge in [0, 0.05) is 5.04 Å². The van der Waals surface area contributed by atoms with Gasteiger partial charge in [-0.05, 0) is 18.4 Å². The van der Waals surface area contributed by atoms with E-state index in [2.05, 4.69) is 30.3 Å². The van der Waals surface area contributed by atoms with Gasteiger partial charge in [-0.2, -0.15) is 0 Å². The Hall–Kier alpha value is -0.313. The number of halogens is 1. The summed E-state index contributed by atoms with van der Waals surface area (Å²) in [4.78, 5) is 0. The lowest BCUT2D eigenvalue weighted by molar-refractivity contribution is 0.390. The molecule has 2 rings (SSSR count). The molecule has 2 N–H and O–H groups in total. The fourth-order valence-corrected chi connectivity index (χ4v) is 5.18. The van der Waals surface area contributed by atoms with E-state index in [9.17, 15) is 0 Å². The van der Waals surface area contributed by atoms with Crippen molar-refractivity contribution in [3.8, 4) is 0 Å². The minimum absolute atomic E-state index is 0.154. The average molecular weight is 240 g/mol. The number of nitrogens with two attached hydrogens (primary N) is 1. The summed E-state index contributed by atoms with van der Waals surface area (Å²) >= 11 is 6.36. The predicted octanol–water partition coefficient (Wildman–Crippen LogP) is 2.85. The second-order valence-electron chi connectivity index (χ2n) is 4.48. The molecule has 0 spiro atoms. The monoisotopic (exact) mass is 239 g/mol. The van der Waals surface area contributed by atoms with Gasteiger partial charge in [-0.1, -0.05) is 49.6 Å². The summed E-state index contributed by atoms with van der Waals surface area (Å²) in [6.45, 7) is 0. The second-order valence-corrected chi connectivity index (χ2v) is 7.80. The molecule has 82 valence electrons. The standard InChI is InChI=1S/C12H18ClNSi/c13-15(14)12(9-5-2-6-10-12)11-7-3-1-4-8-11/h1,3-4,7-8,15H,2,5-6,9-10,14H2. The highest BCUT2D eigenvalue weighted by molar-refractivity contribution is 7.06. The molecular formula is C12H18ClNSi. The zero-order chi connectivity index (χ0) is 10.7. The molecule has 1 aromatic rings. The van der Waals surface area contributed by atoms with Crippen LogP contribution in [0.3, 0.4) is 0 Å². The summed E-state index contributed by atoms with van der Waals surface area (Å²) in [5, 5.41) is 6.29. The Morgan fingerprint density at radius 3 is 2.20 bits per heavy atom. The minimum atomic E-state index is -1.64. The first-order valence-corrected chi connectivity index (χ1v) is 8.70. The van der Waals surface area contributed by atoms with Crippen LogP contribution in [0.4, 0.5) is 0 Å². The van der Waals surface area contributed by atoms with Crippen molar-refractivity contribution in [3.63, 3.8) is 0 Å². The van der Waals surface area contributed by atoms with E-state index in [1.807, 2.05) is 0 Å². The van der Waals surface area contributed by atoms with Gasteiger partial charge in [-0.25, -0.2) is 0 Å². The van der Waals surface area contributed by atoms with Gasteiger partial charge in [0.1, 0.15) is 0 Å². The van der Waals surface area contributed by atoms with E-state index in [1.165, 1.54) is 37.7 Å². The Bertz CT molecular complexity index is 307. The highest BCUT2D eigenvalue weighted by atomic mass is 35.6. The van der Waals surface area contributed by atoms with E-state index in [0.717, 1.165) is 0 Å². The molecular weight excluding hydrogens is 222 g/mol. The molecule has 15 heavy (non-hydrogen) atoms. The summed E-state index contributed by atoms with van der Waals surface area (Å²) < 4.78 is 0. The van der Waals surface area contributed by atoms with E-state index in [1.54, 1.807) is 0 Å². The van der Waals surface area contributed by atoms with Crippen LogP contribution in [0.25, 0.3) is 0 Å². The van der Waals surface area contributed by atoms with Gasteiger partial charge in [0.25, 0.3) is 0 Å². The Morgan fingerprint density at radius 1 is 1.07 bits per heavy atom. The van der Waals surface area contributed by atoms with Crippen LogP contribution < -0.4 is 5.40 Å². The number of rotatable bonds is 2. The van der Waals surface area contributed by atoms with Crippen LogP contribution in [0.5, 0.6) is 0 Å². The van der Waals surface area contributed by atoms with E-state index in [0.29, 0.717) is 0 Å². The van der Waals surface area contributed by atoms with Crippen molar-refractivity contribution in [1.82, 2.24) is 0 Å². The van der Waals surface area contributed by atoms with Gasteiger partial charge < -0.3 is 5.40 Å². The summed E-state index contributed by atoms with van der Waals surface area (Å²) in [5.41, 5.74) is 1.37.